The number of nitrogens with zero attached hydrogens (tertiary/aromatic N) is 2. The summed E-state index contributed by atoms with van der Waals surface area (Å²) in [5.74, 6) is 1.47. The van der Waals surface area contributed by atoms with Gasteiger partial charge in [0.25, 0.3) is 0 Å². The second-order valence-electron chi connectivity index (χ2n) is 5.16. The molecule has 1 heterocycles. The van der Waals surface area contributed by atoms with Gasteiger partial charge in [-0.05, 0) is 31.2 Å². The van der Waals surface area contributed by atoms with E-state index in [1.807, 2.05) is 24.3 Å². The normalized spacial score (nSPS) is 17.1. The molecule has 2 rings (SSSR count). The molecule has 0 atom stereocenters. The molecule has 0 unspecified atom stereocenters. The monoisotopic (exact) mass is 326 g/mol. The number of nitrogens with one attached hydrogen (secondary N) is 1. The fraction of sp³-hybridized carbons (Fsp3) is 0.500. The van der Waals surface area contributed by atoms with E-state index in [0.29, 0.717) is 25.6 Å². The van der Waals surface area contributed by atoms with Gasteiger partial charge in [-0.2, -0.15) is 0 Å². The van der Waals surface area contributed by atoms with Crippen LogP contribution in [0.5, 0.6) is 5.75 Å². The van der Waals surface area contributed by atoms with E-state index in [1.54, 1.807) is 14.0 Å². The fourth-order valence-electron chi connectivity index (χ4n) is 2.14. The van der Waals surface area contributed by atoms with Gasteiger partial charge in [0.1, 0.15) is 5.75 Å². The lowest BCUT2D eigenvalue weighted by Gasteiger charge is -2.37. The SMILES string of the molecule is CCS(=O)(=O)N1CC(CN=C(N)Nc2ccc(OC)cc2)C1. The predicted octanol–water partition coefficient (Wildman–Crippen LogP) is 0.703. The van der Waals surface area contributed by atoms with Crippen molar-refractivity contribution in [1.82, 2.24) is 4.31 Å². The Balaban J connectivity index is 1.79. The molecule has 1 aromatic carbocycles. The highest BCUT2D eigenvalue weighted by Crippen LogP contribution is 2.20. The Bertz CT molecular complexity index is 622. The number of anilines is 1. The smallest absolute Gasteiger partial charge is 0.213 e. The number of methoxy groups -OCH3 is 1. The number of aliphatic imine (C=N–C) groups is 1. The van der Waals surface area contributed by atoms with Crippen LogP contribution in [-0.2, 0) is 10.0 Å². The zero-order chi connectivity index (χ0) is 16.2. The van der Waals surface area contributed by atoms with Crippen LogP contribution in [-0.4, -0.2) is 51.2 Å². The van der Waals surface area contributed by atoms with Crippen molar-refractivity contribution in [3.8, 4) is 5.75 Å². The van der Waals surface area contributed by atoms with Crippen molar-refractivity contribution < 1.29 is 13.2 Å². The van der Waals surface area contributed by atoms with Gasteiger partial charge in [-0.15, -0.1) is 0 Å². The number of ether oxygens (including phenoxy) is 1. The maximum Gasteiger partial charge on any atom is 0.213 e. The molecular weight excluding hydrogens is 304 g/mol. The maximum atomic E-state index is 11.6. The van der Waals surface area contributed by atoms with Crippen molar-refractivity contribution in [2.24, 2.45) is 16.6 Å². The molecule has 1 aromatic rings. The lowest BCUT2D eigenvalue weighted by atomic mass is 10.0. The summed E-state index contributed by atoms with van der Waals surface area (Å²) in [7, 11) is -1.45. The average Bonchev–Trinajstić information content (AvgIpc) is 2.46. The van der Waals surface area contributed by atoms with Gasteiger partial charge in [0, 0.05) is 31.2 Å². The topological polar surface area (TPSA) is 97.0 Å². The van der Waals surface area contributed by atoms with Crippen LogP contribution >= 0.6 is 0 Å². The van der Waals surface area contributed by atoms with Crippen LogP contribution in [0.4, 0.5) is 5.69 Å². The first-order valence-corrected chi connectivity index (χ1v) is 8.74. The molecule has 0 radical (unpaired) electrons. The molecule has 1 aliphatic heterocycles. The zero-order valence-corrected chi connectivity index (χ0v) is 13.6. The van der Waals surface area contributed by atoms with Crippen LogP contribution in [0.3, 0.4) is 0 Å². The molecule has 0 spiro atoms. The van der Waals surface area contributed by atoms with E-state index in [1.165, 1.54) is 4.31 Å². The van der Waals surface area contributed by atoms with E-state index in [2.05, 4.69) is 10.3 Å². The quantitative estimate of drug-likeness (QED) is 0.592. The minimum atomic E-state index is -3.06. The molecule has 22 heavy (non-hydrogen) atoms. The van der Waals surface area contributed by atoms with Crippen molar-refractivity contribution in [2.75, 3.05) is 37.8 Å². The summed E-state index contributed by atoms with van der Waals surface area (Å²) in [6, 6.07) is 7.35. The third-order valence-corrected chi connectivity index (χ3v) is 5.38. The highest BCUT2D eigenvalue weighted by molar-refractivity contribution is 7.89. The Morgan fingerprint density at radius 1 is 1.41 bits per heavy atom. The molecule has 1 saturated heterocycles. The molecule has 8 heteroatoms. The number of sulfonamides is 1. The Morgan fingerprint density at radius 3 is 2.59 bits per heavy atom. The Kier molecular flexibility index (Phi) is 5.25. The van der Waals surface area contributed by atoms with Crippen LogP contribution in [0.2, 0.25) is 0 Å². The molecule has 0 aromatic heterocycles. The van der Waals surface area contributed by atoms with Gasteiger partial charge < -0.3 is 15.8 Å². The van der Waals surface area contributed by atoms with Gasteiger partial charge in [-0.25, -0.2) is 12.7 Å². The lowest BCUT2D eigenvalue weighted by Crippen LogP contribution is -2.51. The molecule has 0 amide bonds. The van der Waals surface area contributed by atoms with E-state index in [9.17, 15) is 8.42 Å². The second-order valence-corrected chi connectivity index (χ2v) is 7.42. The van der Waals surface area contributed by atoms with E-state index in [4.69, 9.17) is 10.5 Å². The van der Waals surface area contributed by atoms with Gasteiger partial charge in [-0.3, -0.25) is 4.99 Å². The van der Waals surface area contributed by atoms with Gasteiger partial charge in [0.05, 0.1) is 12.9 Å². The molecule has 1 aliphatic rings. The molecule has 0 aliphatic carbocycles. The van der Waals surface area contributed by atoms with Crippen molar-refractivity contribution in [3.63, 3.8) is 0 Å². The number of guanidine groups is 1. The Hall–Kier alpha value is -1.80. The zero-order valence-electron chi connectivity index (χ0n) is 12.8. The summed E-state index contributed by atoms with van der Waals surface area (Å²) < 4.78 is 29.8. The van der Waals surface area contributed by atoms with E-state index < -0.39 is 10.0 Å². The minimum absolute atomic E-state index is 0.143. The van der Waals surface area contributed by atoms with Gasteiger partial charge >= 0.3 is 0 Å². The van der Waals surface area contributed by atoms with Crippen molar-refractivity contribution in [3.05, 3.63) is 24.3 Å². The van der Waals surface area contributed by atoms with E-state index in [0.717, 1.165) is 11.4 Å². The summed E-state index contributed by atoms with van der Waals surface area (Å²) in [5.41, 5.74) is 6.65. The van der Waals surface area contributed by atoms with Crippen LogP contribution in [0.25, 0.3) is 0 Å². The van der Waals surface area contributed by atoms with Gasteiger partial charge in [0.2, 0.25) is 10.0 Å². The van der Waals surface area contributed by atoms with Crippen molar-refractivity contribution >= 4 is 21.7 Å². The summed E-state index contributed by atoms with van der Waals surface area (Å²) in [6.45, 7) is 3.22. The lowest BCUT2D eigenvalue weighted by molar-refractivity contribution is 0.208. The Morgan fingerprint density at radius 2 is 2.05 bits per heavy atom. The number of benzene rings is 1. The highest BCUT2D eigenvalue weighted by atomic mass is 32.2. The van der Waals surface area contributed by atoms with Crippen molar-refractivity contribution in [2.45, 2.75) is 6.92 Å². The molecule has 7 nitrogen and oxygen atoms in total. The largest absolute Gasteiger partial charge is 0.497 e. The second kappa shape index (κ2) is 6.97. The molecule has 0 bridgehead atoms. The number of rotatable bonds is 6. The fourth-order valence-corrected chi connectivity index (χ4v) is 3.38. The summed E-state index contributed by atoms with van der Waals surface area (Å²) in [5, 5.41) is 2.99. The first kappa shape index (κ1) is 16.6. The highest BCUT2D eigenvalue weighted by Gasteiger charge is 2.34. The number of nitrogens with two attached hydrogens (primary N) is 1. The predicted molar refractivity (Wildman–Crippen MR) is 87.6 cm³/mol. The summed E-state index contributed by atoms with van der Waals surface area (Å²) in [6.07, 6.45) is 0. The van der Waals surface area contributed by atoms with Gasteiger partial charge in [0.15, 0.2) is 5.96 Å². The third kappa shape index (κ3) is 4.11. The third-order valence-electron chi connectivity index (χ3n) is 3.56. The molecule has 3 N–H and O–H groups in total. The van der Waals surface area contributed by atoms with E-state index >= 15 is 0 Å². The standard InChI is InChI=1S/C14H22N4O3S/c1-3-22(19,20)18-9-11(10-18)8-16-14(15)17-12-4-6-13(21-2)7-5-12/h4-7,11H,3,8-10H2,1-2H3,(H3,15,16,17). The minimum Gasteiger partial charge on any atom is -0.497 e. The van der Waals surface area contributed by atoms with Crippen molar-refractivity contribution in [1.29, 1.82) is 0 Å². The van der Waals surface area contributed by atoms with Crippen LogP contribution < -0.4 is 15.8 Å². The molecule has 1 fully saturated rings. The summed E-state index contributed by atoms with van der Waals surface area (Å²) in [4.78, 5) is 4.26. The maximum absolute atomic E-state index is 11.6. The molecular formula is C14H22N4O3S. The summed E-state index contributed by atoms with van der Waals surface area (Å²) >= 11 is 0. The number of hydrogen-bond acceptors (Lipinski definition) is 4. The van der Waals surface area contributed by atoms with Gasteiger partial charge in [-0.1, -0.05) is 0 Å². The van der Waals surface area contributed by atoms with Crippen LogP contribution in [0, 0.1) is 5.92 Å². The van der Waals surface area contributed by atoms with Crippen LogP contribution in [0.15, 0.2) is 29.3 Å². The van der Waals surface area contributed by atoms with Crippen LogP contribution in [0.1, 0.15) is 6.92 Å². The average molecular weight is 326 g/mol. The molecule has 0 saturated carbocycles. The first-order valence-electron chi connectivity index (χ1n) is 7.13. The Labute approximate surface area is 131 Å². The molecule has 122 valence electrons. The van der Waals surface area contributed by atoms with E-state index in [-0.39, 0.29) is 11.7 Å². The first-order chi connectivity index (χ1) is 10.4. The number of hydrogen-bond donors (Lipinski definition) is 2.